The van der Waals surface area contributed by atoms with Crippen LogP contribution in [0.3, 0.4) is 0 Å². The van der Waals surface area contributed by atoms with Gasteiger partial charge < -0.3 is 0 Å². The van der Waals surface area contributed by atoms with Crippen molar-refractivity contribution in [2.24, 2.45) is 5.84 Å². The van der Waals surface area contributed by atoms with E-state index in [1.54, 1.807) is 21.8 Å². The average molecular weight is 314 g/mol. The number of fused-ring (bicyclic) bond motifs is 2. The largest absolute Gasteiger partial charge is 0.271 e. The van der Waals surface area contributed by atoms with Gasteiger partial charge >= 0.3 is 0 Å². The van der Waals surface area contributed by atoms with Gasteiger partial charge in [0.2, 0.25) is 0 Å². The van der Waals surface area contributed by atoms with E-state index >= 15 is 0 Å². The monoisotopic (exact) mass is 314 g/mol. The molecule has 2 heterocycles. The summed E-state index contributed by atoms with van der Waals surface area (Å²) in [6.45, 7) is 0. The Morgan fingerprint density at radius 3 is 2.90 bits per heavy atom. The molecule has 0 spiro atoms. The molecule has 1 aromatic carbocycles. The Labute approximate surface area is 132 Å². The lowest BCUT2D eigenvalue weighted by Crippen LogP contribution is -2.28. The minimum absolute atomic E-state index is 0.1000. The number of rotatable bonds is 3. The quantitative estimate of drug-likeness (QED) is 0.555. The van der Waals surface area contributed by atoms with Crippen LogP contribution in [0.15, 0.2) is 35.7 Å². The van der Waals surface area contributed by atoms with E-state index in [0.717, 1.165) is 0 Å². The molecule has 1 unspecified atom stereocenters. The van der Waals surface area contributed by atoms with Crippen molar-refractivity contribution < 1.29 is 0 Å². The summed E-state index contributed by atoms with van der Waals surface area (Å²) in [6, 6.07) is 11.1. The van der Waals surface area contributed by atoms with E-state index < -0.39 is 0 Å². The van der Waals surface area contributed by atoms with Crippen LogP contribution in [-0.4, -0.2) is 0 Å². The van der Waals surface area contributed by atoms with Crippen LogP contribution >= 0.6 is 22.7 Å². The van der Waals surface area contributed by atoms with Crippen molar-refractivity contribution in [2.75, 3.05) is 0 Å². The molecule has 0 aliphatic heterocycles. The second kappa shape index (κ2) is 5.54. The van der Waals surface area contributed by atoms with Crippen molar-refractivity contribution in [3.05, 3.63) is 56.6 Å². The van der Waals surface area contributed by atoms with Gasteiger partial charge in [-0.05, 0) is 59.7 Å². The van der Waals surface area contributed by atoms with Gasteiger partial charge in [0.05, 0.1) is 6.04 Å². The number of aryl methyl sites for hydroxylation is 2. The molecule has 0 fully saturated rings. The highest BCUT2D eigenvalue weighted by molar-refractivity contribution is 7.17. The number of benzene rings is 1. The van der Waals surface area contributed by atoms with Crippen LogP contribution in [0, 0.1) is 0 Å². The molecule has 3 N–H and O–H groups in total. The molecule has 4 rings (SSSR count). The first-order chi connectivity index (χ1) is 10.4. The zero-order valence-corrected chi connectivity index (χ0v) is 13.4. The maximum Gasteiger partial charge on any atom is 0.0816 e. The van der Waals surface area contributed by atoms with Crippen LogP contribution in [0.4, 0.5) is 0 Å². The van der Waals surface area contributed by atoms with Crippen LogP contribution < -0.4 is 11.3 Å². The van der Waals surface area contributed by atoms with Crippen LogP contribution in [0.25, 0.3) is 10.1 Å². The summed E-state index contributed by atoms with van der Waals surface area (Å²) in [6.07, 6.45) is 5.12. The van der Waals surface area contributed by atoms with Gasteiger partial charge in [-0.2, -0.15) is 0 Å². The Kier molecular flexibility index (Phi) is 3.55. The van der Waals surface area contributed by atoms with Crippen molar-refractivity contribution >= 4 is 32.8 Å². The van der Waals surface area contributed by atoms with E-state index in [4.69, 9.17) is 5.84 Å². The van der Waals surface area contributed by atoms with E-state index in [-0.39, 0.29) is 6.04 Å². The Bertz CT molecular complexity index is 749. The van der Waals surface area contributed by atoms with Crippen molar-refractivity contribution in [1.29, 1.82) is 0 Å². The number of hydrogen-bond donors (Lipinski definition) is 2. The molecule has 1 atom stereocenters. The minimum Gasteiger partial charge on any atom is -0.271 e. The fourth-order valence-corrected chi connectivity index (χ4v) is 5.51. The van der Waals surface area contributed by atoms with Crippen LogP contribution in [0.5, 0.6) is 0 Å². The Hall–Kier alpha value is -1.20. The topological polar surface area (TPSA) is 38.0 Å². The second-order valence-electron chi connectivity index (χ2n) is 5.59. The number of nitrogens with one attached hydrogen (secondary N) is 1. The van der Waals surface area contributed by atoms with Gasteiger partial charge in [0.25, 0.3) is 0 Å². The molecule has 1 aliphatic rings. The summed E-state index contributed by atoms with van der Waals surface area (Å²) in [5.74, 6) is 5.92. The summed E-state index contributed by atoms with van der Waals surface area (Å²) in [5.41, 5.74) is 5.88. The third-order valence-corrected chi connectivity index (χ3v) is 6.57. The van der Waals surface area contributed by atoms with Crippen molar-refractivity contribution in [2.45, 2.75) is 31.7 Å². The number of thiophene rings is 2. The lowest BCUT2D eigenvalue weighted by atomic mass is 9.97. The summed E-state index contributed by atoms with van der Waals surface area (Å²) in [7, 11) is 0. The van der Waals surface area contributed by atoms with Gasteiger partial charge in [-0.15, -0.1) is 22.7 Å². The van der Waals surface area contributed by atoms with Crippen LogP contribution in [0.2, 0.25) is 0 Å². The SMILES string of the molecule is NNC(c1cc2c(s1)CCCC2)c1cccc2ccsc12. The summed E-state index contributed by atoms with van der Waals surface area (Å²) < 4.78 is 1.34. The van der Waals surface area contributed by atoms with Crippen LogP contribution in [-0.2, 0) is 12.8 Å². The fraction of sp³-hybridized carbons (Fsp3) is 0.294. The van der Waals surface area contributed by atoms with E-state index in [1.807, 2.05) is 11.3 Å². The van der Waals surface area contributed by atoms with E-state index in [9.17, 15) is 0 Å². The van der Waals surface area contributed by atoms with Crippen molar-refractivity contribution in [3.8, 4) is 0 Å². The number of hydrazine groups is 1. The standard InChI is InChI=1S/C17H18N2S2/c18-19-16(13-6-3-5-11-8-9-20-17(11)13)15-10-12-4-1-2-7-14(12)21-15/h3,5-6,8-10,16,19H,1-2,4,7,18H2. The number of nitrogens with two attached hydrogens (primary N) is 1. The minimum atomic E-state index is 0.1000. The Balaban J connectivity index is 1.81. The third-order valence-electron chi connectivity index (χ3n) is 4.29. The molecule has 2 nitrogen and oxygen atoms in total. The van der Waals surface area contributed by atoms with Gasteiger partial charge in [-0.1, -0.05) is 18.2 Å². The maximum absolute atomic E-state index is 5.92. The van der Waals surface area contributed by atoms with E-state index in [1.165, 1.54) is 46.2 Å². The average Bonchev–Trinajstić information content (AvgIpc) is 3.14. The third kappa shape index (κ3) is 2.32. The smallest absolute Gasteiger partial charge is 0.0816 e. The van der Waals surface area contributed by atoms with Crippen molar-refractivity contribution in [1.82, 2.24) is 5.43 Å². The molecular formula is C17H18N2S2. The zero-order chi connectivity index (χ0) is 14.2. The molecular weight excluding hydrogens is 296 g/mol. The highest BCUT2D eigenvalue weighted by Gasteiger charge is 2.21. The lowest BCUT2D eigenvalue weighted by Gasteiger charge is -2.15. The second-order valence-corrected chi connectivity index (χ2v) is 7.67. The molecule has 21 heavy (non-hydrogen) atoms. The highest BCUT2D eigenvalue weighted by Crippen LogP contribution is 2.38. The normalized spacial score (nSPS) is 16.0. The fourth-order valence-electron chi connectivity index (χ4n) is 3.22. The zero-order valence-electron chi connectivity index (χ0n) is 11.8. The molecule has 2 aromatic heterocycles. The molecule has 108 valence electrons. The molecule has 1 aliphatic carbocycles. The van der Waals surface area contributed by atoms with E-state index in [2.05, 4.69) is 41.1 Å². The van der Waals surface area contributed by atoms with Gasteiger partial charge in [-0.25, -0.2) is 5.43 Å². The van der Waals surface area contributed by atoms with E-state index in [0.29, 0.717) is 0 Å². The summed E-state index contributed by atoms with van der Waals surface area (Å²) >= 11 is 3.73. The predicted molar refractivity (Wildman–Crippen MR) is 92.0 cm³/mol. The molecule has 0 bridgehead atoms. The summed E-state index contributed by atoms with van der Waals surface area (Å²) in [4.78, 5) is 2.92. The molecule has 0 saturated carbocycles. The molecule has 0 radical (unpaired) electrons. The number of hydrogen-bond acceptors (Lipinski definition) is 4. The first-order valence-corrected chi connectivity index (χ1v) is 9.10. The Morgan fingerprint density at radius 1 is 1.14 bits per heavy atom. The molecule has 4 heteroatoms. The van der Waals surface area contributed by atoms with Gasteiger partial charge in [0.1, 0.15) is 0 Å². The summed E-state index contributed by atoms with van der Waals surface area (Å²) in [5, 5.41) is 3.46. The first kappa shape index (κ1) is 13.5. The predicted octanol–water partition coefficient (Wildman–Crippen LogP) is 4.39. The van der Waals surface area contributed by atoms with Crippen LogP contribution in [0.1, 0.15) is 39.8 Å². The molecule has 0 saturated heterocycles. The highest BCUT2D eigenvalue weighted by atomic mass is 32.1. The molecule has 0 amide bonds. The van der Waals surface area contributed by atoms with Gasteiger partial charge in [0.15, 0.2) is 0 Å². The molecule has 3 aromatic rings. The van der Waals surface area contributed by atoms with Gasteiger partial charge in [-0.3, -0.25) is 5.84 Å². The lowest BCUT2D eigenvalue weighted by molar-refractivity contribution is 0.650. The van der Waals surface area contributed by atoms with Crippen molar-refractivity contribution in [3.63, 3.8) is 0 Å². The Morgan fingerprint density at radius 2 is 2.05 bits per heavy atom. The first-order valence-electron chi connectivity index (χ1n) is 7.40. The maximum atomic E-state index is 5.92. The van der Waals surface area contributed by atoms with Gasteiger partial charge in [0, 0.05) is 14.5 Å².